The molecule has 0 spiro atoms. The summed E-state index contributed by atoms with van der Waals surface area (Å²) in [7, 11) is 0. The lowest BCUT2D eigenvalue weighted by molar-refractivity contribution is -0.122. The van der Waals surface area contributed by atoms with Gasteiger partial charge in [-0.15, -0.1) is 0 Å². The van der Waals surface area contributed by atoms with Crippen LogP contribution in [0, 0.1) is 10.8 Å². The predicted octanol–water partition coefficient (Wildman–Crippen LogP) is -0.161. The Labute approximate surface area is 122 Å². The molecule has 0 radical (unpaired) electrons. The molecule has 110 valence electrons. The zero-order valence-electron chi connectivity index (χ0n) is 11.6. The first-order valence-electron chi connectivity index (χ1n) is 7.18. The summed E-state index contributed by atoms with van der Waals surface area (Å²) in [6.07, 6.45) is 5.76. The number of benzene rings is 1. The minimum Gasteiger partial charge on any atom is -0.383 e. The number of anilines is 1. The van der Waals surface area contributed by atoms with Crippen molar-refractivity contribution in [2.24, 2.45) is 11.1 Å². The first-order valence-corrected chi connectivity index (χ1v) is 7.18. The molecule has 6 heteroatoms. The topological polar surface area (TPSA) is 82.6 Å². The van der Waals surface area contributed by atoms with Gasteiger partial charge < -0.3 is 16.0 Å². The number of carbonyl (C=O) groups excluding carboxylic acids is 1. The van der Waals surface area contributed by atoms with Crippen molar-refractivity contribution in [2.45, 2.75) is 19.0 Å². The Bertz CT molecular complexity index is 667. The molecular formula is C15H18N4O2. The number of nitroso groups, excluding NO2 is 1. The second-order valence-electron chi connectivity index (χ2n) is 5.36. The van der Waals surface area contributed by atoms with Crippen LogP contribution in [0.4, 0.5) is 5.69 Å². The van der Waals surface area contributed by atoms with E-state index in [0.717, 1.165) is 29.0 Å². The highest BCUT2D eigenvalue weighted by atomic mass is 16.3. The van der Waals surface area contributed by atoms with Crippen LogP contribution >= 0.6 is 0 Å². The van der Waals surface area contributed by atoms with Crippen molar-refractivity contribution in [1.82, 2.24) is 10.6 Å². The minimum atomic E-state index is -0.149. The number of rotatable bonds is 6. The molecule has 1 heterocycles. The van der Waals surface area contributed by atoms with Crippen molar-refractivity contribution >= 4 is 23.9 Å². The Balaban J connectivity index is 1.69. The van der Waals surface area contributed by atoms with Crippen LogP contribution in [0.3, 0.4) is 0 Å². The Kier molecular flexibility index (Phi) is 3.85. The Morgan fingerprint density at radius 2 is 2.19 bits per heavy atom. The fraction of sp³-hybridized carbons (Fsp3) is 0.400. The van der Waals surface area contributed by atoms with E-state index in [-0.39, 0.29) is 24.5 Å². The lowest BCUT2D eigenvalue weighted by Gasteiger charge is -2.18. The molecule has 3 N–H and O–H groups in total. The van der Waals surface area contributed by atoms with E-state index >= 15 is 0 Å². The first kappa shape index (κ1) is 13.6. The van der Waals surface area contributed by atoms with Gasteiger partial charge in [-0.3, -0.25) is 4.79 Å². The van der Waals surface area contributed by atoms with E-state index in [1.807, 2.05) is 30.5 Å². The molecule has 3 rings (SSSR count). The van der Waals surface area contributed by atoms with Gasteiger partial charge in [-0.25, -0.2) is 0 Å². The van der Waals surface area contributed by atoms with E-state index in [1.165, 1.54) is 0 Å². The monoisotopic (exact) mass is 286 g/mol. The third kappa shape index (κ3) is 3.39. The van der Waals surface area contributed by atoms with Gasteiger partial charge in [0.15, 0.2) is 0 Å². The summed E-state index contributed by atoms with van der Waals surface area (Å²) in [6, 6.07) is 5.96. The van der Waals surface area contributed by atoms with Gasteiger partial charge in [0.25, 0.3) is 0 Å². The summed E-state index contributed by atoms with van der Waals surface area (Å²) in [5.74, 6) is 0.333. The molecule has 1 aromatic rings. The predicted molar refractivity (Wildman–Crippen MR) is 81.6 cm³/mol. The van der Waals surface area contributed by atoms with E-state index in [9.17, 15) is 9.70 Å². The number of nitrogens with one attached hydrogen (secondary N) is 3. The van der Waals surface area contributed by atoms with Crippen molar-refractivity contribution in [3.63, 3.8) is 0 Å². The van der Waals surface area contributed by atoms with Gasteiger partial charge in [-0.05, 0) is 41.5 Å². The van der Waals surface area contributed by atoms with Crippen LogP contribution < -0.4 is 26.4 Å². The van der Waals surface area contributed by atoms with Crippen molar-refractivity contribution in [3.05, 3.63) is 33.5 Å². The zero-order chi connectivity index (χ0) is 14.7. The van der Waals surface area contributed by atoms with Gasteiger partial charge in [0.05, 0.1) is 6.54 Å². The van der Waals surface area contributed by atoms with Crippen LogP contribution in [0.15, 0.2) is 23.4 Å². The van der Waals surface area contributed by atoms with Crippen LogP contribution in [0.1, 0.15) is 12.8 Å². The molecule has 1 saturated carbocycles. The Morgan fingerprint density at radius 3 is 2.95 bits per heavy atom. The fourth-order valence-corrected chi connectivity index (χ4v) is 2.31. The lowest BCUT2D eigenvalue weighted by atomic mass is 10.1. The van der Waals surface area contributed by atoms with E-state index in [4.69, 9.17) is 0 Å². The number of amides is 1. The van der Waals surface area contributed by atoms with Crippen LogP contribution in [0.5, 0.6) is 0 Å². The molecule has 2 aliphatic rings. The average Bonchev–Trinajstić information content (AvgIpc) is 3.32. The molecule has 1 atom stereocenters. The summed E-state index contributed by atoms with van der Waals surface area (Å²) in [4.78, 5) is 21.8. The third-order valence-electron chi connectivity index (χ3n) is 3.63. The highest BCUT2D eigenvalue weighted by molar-refractivity contribution is 5.82. The maximum absolute atomic E-state index is 11.8. The molecule has 0 bridgehead atoms. The van der Waals surface area contributed by atoms with Crippen molar-refractivity contribution in [1.29, 1.82) is 0 Å². The second-order valence-corrected chi connectivity index (χ2v) is 5.36. The molecule has 6 nitrogen and oxygen atoms in total. The molecule has 1 aromatic carbocycles. The second kappa shape index (κ2) is 5.95. The summed E-state index contributed by atoms with van der Waals surface area (Å²) in [6.45, 7) is 0.778. The highest BCUT2D eigenvalue weighted by Crippen LogP contribution is 2.28. The fourth-order valence-electron chi connectivity index (χ4n) is 2.31. The van der Waals surface area contributed by atoms with Crippen molar-refractivity contribution in [3.8, 4) is 0 Å². The van der Waals surface area contributed by atoms with Gasteiger partial charge in [-0.1, -0.05) is 11.2 Å². The SMILES string of the molecule is O=NCCNc1ccc2c(c1)=CNC(NC(=O)C1CC1)C=2. The van der Waals surface area contributed by atoms with E-state index in [1.54, 1.807) is 0 Å². The number of nitrogens with zero attached hydrogens (tertiary/aromatic N) is 1. The standard InChI is InChI=1S/C15H18N4O2/c20-15(10-1-2-10)19-14-8-11-3-4-13(16-5-6-18-21)7-12(11)9-17-14/h3-4,7-10,14,16-17H,1-2,5-6H2,(H,19,20). The molecule has 1 amide bonds. The normalized spacial score (nSPS) is 19.3. The molecule has 0 aromatic heterocycles. The first-order chi connectivity index (χ1) is 10.3. The maximum atomic E-state index is 11.8. The third-order valence-corrected chi connectivity index (χ3v) is 3.63. The van der Waals surface area contributed by atoms with E-state index < -0.39 is 0 Å². The molecule has 1 aliphatic carbocycles. The molecule has 21 heavy (non-hydrogen) atoms. The molecule has 0 saturated heterocycles. The summed E-state index contributed by atoms with van der Waals surface area (Å²) < 4.78 is 0. The van der Waals surface area contributed by atoms with E-state index in [0.29, 0.717) is 6.54 Å². The molecular weight excluding hydrogens is 268 g/mol. The number of hydrogen-bond donors (Lipinski definition) is 3. The average molecular weight is 286 g/mol. The molecule has 1 fully saturated rings. The van der Waals surface area contributed by atoms with Crippen LogP contribution in [-0.4, -0.2) is 25.2 Å². The van der Waals surface area contributed by atoms with Gasteiger partial charge >= 0.3 is 0 Å². The highest BCUT2D eigenvalue weighted by Gasteiger charge is 2.30. The molecule has 1 aliphatic heterocycles. The minimum absolute atomic E-state index is 0.125. The number of carbonyl (C=O) groups is 1. The quantitative estimate of drug-likeness (QED) is 0.501. The Hall–Kier alpha value is -2.37. The number of hydrogen-bond acceptors (Lipinski definition) is 5. The summed E-state index contributed by atoms with van der Waals surface area (Å²) in [5.41, 5.74) is 0.948. The van der Waals surface area contributed by atoms with E-state index in [2.05, 4.69) is 21.1 Å². The van der Waals surface area contributed by atoms with Crippen LogP contribution in [-0.2, 0) is 4.79 Å². The lowest BCUT2D eigenvalue weighted by Crippen LogP contribution is -2.48. The van der Waals surface area contributed by atoms with Crippen LogP contribution in [0.2, 0.25) is 0 Å². The Morgan fingerprint density at radius 1 is 1.33 bits per heavy atom. The van der Waals surface area contributed by atoms with Gasteiger partial charge in [0.2, 0.25) is 5.91 Å². The van der Waals surface area contributed by atoms with Gasteiger partial charge in [-0.2, -0.15) is 4.91 Å². The van der Waals surface area contributed by atoms with Gasteiger partial charge in [0.1, 0.15) is 6.17 Å². The summed E-state index contributed by atoms with van der Waals surface area (Å²) in [5, 5.41) is 14.2. The maximum Gasteiger partial charge on any atom is 0.224 e. The number of fused-ring (bicyclic) bond motifs is 1. The zero-order valence-corrected chi connectivity index (χ0v) is 11.6. The van der Waals surface area contributed by atoms with Crippen molar-refractivity contribution < 1.29 is 4.79 Å². The smallest absolute Gasteiger partial charge is 0.224 e. The largest absolute Gasteiger partial charge is 0.383 e. The molecule has 1 unspecified atom stereocenters. The van der Waals surface area contributed by atoms with Gasteiger partial charge in [0, 0.05) is 24.4 Å². The summed E-state index contributed by atoms with van der Waals surface area (Å²) >= 11 is 0. The van der Waals surface area contributed by atoms with Crippen molar-refractivity contribution in [2.75, 3.05) is 18.4 Å². The van der Waals surface area contributed by atoms with Crippen LogP contribution in [0.25, 0.3) is 12.3 Å².